The van der Waals surface area contributed by atoms with E-state index in [1.54, 1.807) is 14.2 Å². The fourth-order valence-corrected chi connectivity index (χ4v) is 3.16. The first-order chi connectivity index (χ1) is 15.2. The van der Waals surface area contributed by atoms with Crippen LogP contribution in [0.2, 0.25) is 0 Å². The molecule has 178 valence electrons. The molecule has 0 radical (unpaired) electrons. The van der Waals surface area contributed by atoms with Gasteiger partial charge in [-0.3, -0.25) is 0 Å². The standard InChI is InChI=1S/C24H35N3O4.HI/c1-6-25-24(27-17-19-10-9-11-21(28-4)23(19)29-5)26-15-14-18-12-13-20(30-7-2)22(16-18)31-8-3;/h9-13,16H,6-8,14-15,17H2,1-5H3,(H2,25,26,27);1H. The summed E-state index contributed by atoms with van der Waals surface area (Å²) in [5, 5.41) is 6.68. The SMILES string of the molecule is CCNC(=NCc1cccc(OC)c1OC)NCCc1ccc(OCC)c(OCC)c1.I. The molecule has 0 saturated carbocycles. The number of nitrogens with one attached hydrogen (secondary N) is 2. The van der Waals surface area contributed by atoms with Crippen LogP contribution in [0.3, 0.4) is 0 Å². The van der Waals surface area contributed by atoms with Gasteiger partial charge in [0.2, 0.25) is 0 Å². The number of benzene rings is 2. The van der Waals surface area contributed by atoms with Crippen molar-refractivity contribution >= 4 is 29.9 Å². The Balaban J connectivity index is 0.00000512. The van der Waals surface area contributed by atoms with Crippen LogP contribution in [0.1, 0.15) is 31.9 Å². The van der Waals surface area contributed by atoms with Crippen LogP contribution in [-0.4, -0.2) is 46.5 Å². The predicted octanol–water partition coefficient (Wildman–Crippen LogP) is 4.42. The molecule has 0 atom stereocenters. The van der Waals surface area contributed by atoms with Gasteiger partial charge in [0.05, 0.1) is 34.0 Å². The monoisotopic (exact) mass is 557 g/mol. The van der Waals surface area contributed by atoms with Crippen LogP contribution in [0, 0.1) is 0 Å². The van der Waals surface area contributed by atoms with Crippen molar-refractivity contribution < 1.29 is 18.9 Å². The predicted molar refractivity (Wildman–Crippen MR) is 140 cm³/mol. The van der Waals surface area contributed by atoms with Crippen LogP contribution < -0.4 is 29.6 Å². The quantitative estimate of drug-likeness (QED) is 0.229. The molecular formula is C24H36IN3O4. The minimum Gasteiger partial charge on any atom is -0.493 e. The van der Waals surface area contributed by atoms with Gasteiger partial charge in [0.25, 0.3) is 0 Å². The maximum absolute atomic E-state index is 5.72. The zero-order chi connectivity index (χ0) is 22.5. The number of aliphatic imine (C=N–C) groups is 1. The van der Waals surface area contributed by atoms with Crippen molar-refractivity contribution in [1.82, 2.24) is 10.6 Å². The van der Waals surface area contributed by atoms with Gasteiger partial charge >= 0.3 is 0 Å². The number of nitrogens with zero attached hydrogens (tertiary/aromatic N) is 1. The van der Waals surface area contributed by atoms with Gasteiger partial charge in [-0.25, -0.2) is 4.99 Å². The van der Waals surface area contributed by atoms with Gasteiger partial charge in [-0.15, -0.1) is 24.0 Å². The van der Waals surface area contributed by atoms with E-state index in [0.29, 0.717) is 31.3 Å². The molecule has 7 nitrogen and oxygen atoms in total. The van der Waals surface area contributed by atoms with E-state index >= 15 is 0 Å². The summed E-state index contributed by atoms with van der Waals surface area (Å²) in [5.74, 6) is 3.73. The normalized spacial score (nSPS) is 10.7. The molecule has 0 aliphatic rings. The molecule has 0 fully saturated rings. The van der Waals surface area contributed by atoms with E-state index in [2.05, 4.69) is 16.7 Å². The van der Waals surface area contributed by atoms with Gasteiger partial charge in [0.1, 0.15) is 0 Å². The third-order valence-corrected chi connectivity index (χ3v) is 4.55. The first kappa shape index (κ1) is 27.7. The number of methoxy groups -OCH3 is 2. The lowest BCUT2D eigenvalue weighted by molar-refractivity contribution is 0.287. The molecule has 0 aliphatic carbocycles. The Morgan fingerprint density at radius 1 is 0.875 bits per heavy atom. The van der Waals surface area contributed by atoms with Crippen molar-refractivity contribution in [2.24, 2.45) is 4.99 Å². The lowest BCUT2D eigenvalue weighted by Crippen LogP contribution is -2.38. The molecule has 0 unspecified atom stereocenters. The second-order valence-corrected chi connectivity index (χ2v) is 6.67. The van der Waals surface area contributed by atoms with Crippen LogP contribution >= 0.6 is 24.0 Å². The van der Waals surface area contributed by atoms with E-state index < -0.39 is 0 Å². The molecule has 32 heavy (non-hydrogen) atoms. The highest BCUT2D eigenvalue weighted by Gasteiger charge is 2.10. The minimum absolute atomic E-state index is 0. The van der Waals surface area contributed by atoms with Gasteiger partial charge in [0, 0.05) is 18.7 Å². The zero-order valence-corrected chi connectivity index (χ0v) is 22.0. The van der Waals surface area contributed by atoms with E-state index in [9.17, 15) is 0 Å². The van der Waals surface area contributed by atoms with E-state index in [1.165, 1.54) is 5.56 Å². The largest absolute Gasteiger partial charge is 0.493 e. The topological polar surface area (TPSA) is 73.3 Å². The Labute approximate surface area is 208 Å². The van der Waals surface area contributed by atoms with Crippen molar-refractivity contribution in [3.05, 3.63) is 47.5 Å². The van der Waals surface area contributed by atoms with E-state index in [-0.39, 0.29) is 24.0 Å². The number of ether oxygens (including phenoxy) is 4. The third kappa shape index (κ3) is 8.29. The van der Waals surface area contributed by atoms with E-state index in [1.807, 2.05) is 51.1 Å². The van der Waals surface area contributed by atoms with Crippen LogP contribution in [0.15, 0.2) is 41.4 Å². The van der Waals surface area contributed by atoms with Crippen molar-refractivity contribution in [1.29, 1.82) is 0 Å². The summed E-state index contributed by atoms with van der Waals surface area (Å²) in [6.45, 7) is 9.20. The molecule has 0 amide bonds. The molecule has 2 rings (SSSR count). The molecule has 8 heteroatoms. The van der Waals surface area contributed by atoms with E-state index in [4.69, 9.17) is 23.9 Å². The molecular weight excluding hydrogens is 521 g/mol. The number of hydrogen-bond acceptors (Lipinski definition) is 5. The highest BCUT2D eigenvalue weighted by molar-refractivity contribution is 14.0. The fourth-order valence-electron chi connectivity index (χ4n) is 3.16. The number of hydrogen-bond donors (Lipinski definition) is 2. The average Bonchev–Trinajstić information content (AvgIpc) is 2.79. The Morgan fingerprint density at radius 2 is 1.62 bits per heavy atom. The first-order valence-electron chi connectivity index (χ1n) is 10.8. The Bertz CT molecular complexity index is 846. The van der Waals surface area contributed by atoms with Crippen molar-refractivity contribution in [2.75, 3.05) is 40.5 Å². The summed E-state index contributed by atoms with van der Waals surface area (Å²) >= 11 is 0. The maximum Gasteiger partial charge on any atom is 0.191 e. The van der Waals surface area contributed by atoms with E-state index in [0.717, 1.165) is 42.5 Å². The first-order valence-corrected chi connectivity index (χ1v) is 10.8. The van der Waals surface area contributed by atoms with Gasteiger partial charge in [-0.05, 0) is 51.0 Å². The average molecular weight is 557 g/mol. The van der Waals surface area contributed by atoms with Crippen molar-refractivity contribution in [3.8, 4) is 23.0 Å². The van der Waals surface area contributed by atoms with Crippen LogP contribution in [0.5, 0.6) is 23.0 Å². The summed E-state index contributed by atoms with van der Waals surface area (Å²) in [7, 11) is 3.27. The summed E-state index contributed by atoms with van der Waals surface area (Å²) in [4.78, 5) is 4.70. The lowest BCUT2D eigenvalue weighted by atomic mass is 10.1. The molecule has 0 aromatic heterocycles. The summed E-state index contributed by atoms with van der Waals surface area (Å²) in [5.41, 5.74) is 2.14. The van der Waals surface area contributed by atoms with Gasteiger partial charge in [-0.2, -0.15) is 0 Å². The van der Waals surface area contributed by atoms with Crippen molar-refractivity contribution in [3.63, 3.8) is 0 Å². The Kier molecular flexibility index (Phi) is 13.4. The zero-order valence-electron chi connectivity index (χ0n) is 19.7. The van der Waals surface area contributed by atoms with Gasteiger partial charge < -0.3 is 29.6 Å². The van der Waals surface area contributed by atoms with Crippen molar-refractivity contribution in [2.45, 2.75) is 33.7 Å². The summed E-state index contributed by atoms with van der Waals surface area (Å²) < 4.78 is 22.2. The number of guanidine groups is 1. The lowest BCUT2D eigenvalue weighted by Gasteiger charge is -2.15. The molecule has 2 aromatic carbocycles. The molecule has 0 heterocycles. The second-order valence-electron chi connectivity index (χ2n) is 6.67. The summed E-state index contributed by atoms with van der Waals surface area (Å²) in [6, 6.07) is 11.9. The number of rotatable bonds is 12. The third-order valence-electron chi connectivity index (χ3n) is 4.55. The fraction of sp³-hybridized carbons (Fsp3) is 0.458. The van der Waals surface area contributed by atoms with Gasteiger partial charge in [-0.1, -0.05) is 18.2 Å². The molecule has 0 aliphatic heterocycles. The Morgan fingerprint density at radius 3 is 2.28 bits per heavy atom. The Hall–Kier alpha value is -2.36. The molecule has 2 N–H and O–H groups in total. The minimum atomic E-state index is 0. The number of para-hydroxylation sites is 1. The summed E-state index contributed by atoms with van der Waals surface area (Å²) in [6.07, 6.45) is 0.833. The van der Waals surface area contributed by atoms with Crippen LogP contribution in [0.4, 0.5) is 0 Å². The molecule has 0 spiro atoms. The second kappa shape index (κ2) is 15.4. The molecule has 0 saturated heterocycles. The smallest absolute Gasteiger partial charge is 0.191 e. The molecule has 0 bridgehead atoms. The van der Waals surface area contributed by atoms with Crippen LogP contribution in [-0.2, 0) is 13.0 Å². The highest BCUT2D eigenvalue weighted by atomic mass is 127. The maximum atomic E-state index is 5.72. The number of halogens is 1. The molecule has 2 aromatic rings. The highest BCUT2D eigenvalue weighted by Crippen LogP contribution is 2.31. The van der Waals surface area contributed by atoms with Gasteiger partial charge in [0.15, 0.2) is 29.0 Å². The van der Waals surface area contributed by atoms with Crippen LogP contribution in [0.25, 0.3) is 0 Å².